The zero-order chi connectivity index (χ0) is 23.3. The van der Waals surface area contributed by atoms with Crippen LogP contribution in [0, 0.1) is 0 Å². The number of hydrogen-bond acceptors (Lipinski definition) is 9. The van der Waals surface area contributed by atoms with Crippen molar-refractivity contribution in [1.29, 1.82) is 0 Å². The molecule has 1 aliphatic rings. The topological polar surface area (TPSA) is 164 Å². The van der Waals surface area contributed by atoms with Crippen molar-refractivity contribution in [3.63, 3.8) is 0 Å². The molecule has 32 heavy (non-hydrogen) atoms. The third-order valence-corrected chi connectivity index (χ3v) is 6.35. The van der Waals surface area contributed by atoms with Crippen LogP contribution in [-0.2, 0) is 24.3 Å². The summed E-state index contributed by atoms with van der Waals surface area (Å²) in [6.07, 6.45) is 0. The highest BCUT2D eigenvalue weighted by Gasteiger charge is 2.27. The van der Waals surface area contributed by atoms with Gasteiger partial charge in [0.1, 0.15) is 5.75 Å². The van der Waals surface area contributed by atoms with Crippen molar-refractivity contribution in [3.8, 4) is 11.6 Å². The molecule has 0 spiro atoms. The highest BCUT2D eigenvalue weighted by molar-refractivity contribution is 7.89. The van der Waals surface area contributed by atoms with Crippen LogP contribution in [0.1, 0.15) is 10.4 Å². The van der Waals surface area contributed by atoms with Crippen LogP contribution in [0.25, 0.3) is 0 Å². The van der Waals surface area contributed by atoms with Crippen molar-refractivity contribution in [1.82, 2.24) is 9.29 Å². The number of aromatic amines is 1. The van der Waals surface area contributed by atoms with Crippen molar-refractivity contribution in [2.45, 2.75) is 4.90 Å². The van der Waals surface area contributed by atoms with Crippen LogP contribution in [0.4, 0.5) is 5.69 Å². The van der Waals surface area contributed by atoms with Gasteiger partial charge in [-0.1, -0.05) is 0 Å². The van der Waals surface area contributed by atoms with Crippen LogP contribution in [-0.4, -0.2) is 74.7 Å². The van der Waals surface area contributed by atoms with Crippen molar-refractivity contribution in [3.05, 3.63) is 46.2 Å². The average Bonchev–Trinajstić information content (AvgIpc) is 2.77. The van der Waals surface area contributed by atoms with Crippen LogP contribution in [0.3, 0.4) is 0 Å². The molecule has 12 nitrogen and oxygen atoms in total. The monoisotopic (exact) mass is 467 g/mol. The molecule has 0 bridgehead atoms. The minimum atomic E-state index is -3.76. The van der Waals surface area contributed by atoms with Gasteiger partial charge in [-0.15, -0.1) is 0 Å². The molecule has 1 fully saturated rings. The average molecular weight is 467 g/mol. The van der Waals surface area contributed by atoms with Gasteiger partial charge in [-0.25, -0.2) is 13.2 Å². The van der Waals surface area contributed by atoms with Gasteiger partial charge in [0.15, 0.2) is 12.5 Å². The van der Waals surface area contributed by atoms with E-state index in [-0.39, 0.29) is 35.0 Å². The van der Waals surface area contributed by atoms with Gasteiger partial charge in [0.05, 0.1) is 36.5 Å². The minimum Gasteiger partial charge on any atom is -0.495 e. The van der Waals surface area contributed by atoms with E-state index in [9.17, 15) is 27.9 Å². The molecule has 0 saturated carbocycles. The number of esters is 1. The summed E-state index contributed by atoms with van der Waals surface area (Å²) >= 11 is 0. The fraction of sp³-hybridized carbons (Fsp3) is 0.316. The van der Waals surface area contributed by atoms with Crippen LogP contribution in [0.2, 0.25) is 0 Å². The molecule has 0 aliphatic carbocycles. The molecule has 0 unspecified atom stereocenters. The number of carbonyl (C=O) groups excluding carboxylic acids is 2. The Morgan fingerprint density at radius 1 is 1.22 bits per heavy atom. The number of ether oxygens (including phenoxy) is 3. The molecule has 13 heteroatoms. The third-order valence-electron chi connectivity index (χ3n) is 4.46. The Labute approximate surface area is 182 Å². The number of rotatable bonds is 7. The number of nitrogens with zero attached hydrogens (tertiary/aromatic N) is 1. The quantitative estimate of drug-likeness (QED) is 0.472. The minimum absolute atomic E-state index is 0.00483. The molecule has 1 aliphatic heterocycles. The van der Waals surface area contributed by atoms with Gasteiger partial charge in [-0.2, -0.15) is 4.31 Å². The van der Waals surface area contributed by atoms with Crippen molar-refractivity contribution >= 4 is 27.6 Å². The van der Waals surface area contributed by atoms with Gasteiger partial charge in [0.2, 0.25) is 10.0 Å². The molecule has 3 N–H and O–H groups in total. The summed E-state index contributed by atoms with van der Waals surface area (Å²) < 4.78 is 42.1. The van der Waals surface area contributed by atoms with E-state index in [4.69, 9.17) is 14.2 Å². The number of aromatic hydroxyl groups is 1. The van der Waals surface area contributed by atoms with E-state index in [0.29, 0.717) is 13.2 Å². The maximum absolute atomic E-state index is 12.8. The number of hydrogen-bond donors (Lipinski definition) is 3. The highest BCUT2D eigenvalue weighted by atomic mass is 32.2. The number of pyridine rings is 1. The normalized spacial score (nSPS) is 14.5. The second-order valence-corrected chi connectivity index (χ2v) is 8.56. The van der Waals surface area contributed by atoms with E-state index in [1.165, 1.54) is 29.6 Å². The summed E-state index contributed by atoms with van der Waals surface area (Å²) in [4.78, 5) is 37.5. The molecule has 1 saturated heterocycles. The summed E-state index contributed by atoms with van der Waals surface area (Å²) in [5.41, 5.74) is -0.768. The maximum Gasteiger partial charge on any atom is 0.339 e. The summed E-state index contributed by atoms with van der Waals surface area (Å²) in [7, 11) is -2.44. The fourth-order valence-electron chi connectivity index (χ4n) is 2.92. The zero-order valence-electron chi connectivity index (χ0n) is 17.0. The lowest BCUT2D eigenvalue weighted by Crippen LogP contribution is -2.40. The van der Waals surface area contributed by atoms with E-state index in [0.717, 1.165) is 12.1 Å². The second kappa shape index (κ2) is 9.80. The number of carbonyl (C=O) groups is 2. The van der Waals surface area contributed by atoms with Gasteiger partial charge in [0, 0.05) is 31.3 Å². The fourth-order valence-corrected chi connectivity index (χ4v) is 4.34. The molecular weight excluding hydrogens is 446 g/mol. The molecule has 1 amide bonds. The molecule has 0 atom stereocenters. The first kappa shape index (κ1) is 23.2. The number of benzene rings is 1. The number of anilines is 1. The SMILES string of the molecule is COc1cc(S(=O)(=O)N2CCOCC2)ccc1NC(=O)COC(=O)c1cc(O)[nH]c(=O)c1. The van der Waals surface area contributed by atoms with Crippen LogP contribution in [0.15, 0.2) is 40.0 Å². The molecule has 2 heterocycles. The first-order valence-electron chi connectivity index (χ1n) is 9.37. The Hall–Kier alpha value is -3.42. The van der Waals surface area contributed by atoms with Crippen LogP contribution >= 0.6 is 0 Å². The summed E-state index contributed by atoms with van der Waals surface area (Å²) in [6, 6.07) is 5.87. The highest BCUT2D eigenvalue weighted by Crippen LogP contribution is 2.29. The number of aromatic nitrogens is 1. The molecule has 1 aromatic carbocycles. The Morgan fingerprint density at radius 2 is 1.94 bits per heavy atom. The molecule has 1 aromatic heterocycles. The smallest absolute Gasteiger partial charge is 0.339 e. The Bertz CT molecular complexity index is 1170. The Balaban J connectivity index is 1.67. The third kappa shape index (κ3) is 5.43. The summed E-state index contributed by atoms with van der Waals surface area (Å²) in [5.74, 6) is -2.14. The standard InChI is InChI=1S/C19H21N3O9S/c1-29-15-10-13(32(27,28)22-4-6-30-7-5-22)2-3-14(15)20-18(25)11-31-19(26)12-8-16(23)21-17(24)9-12/h2-3,8-10H,4-7,11H2,1H3,(H,20,25)(H2,21,23,24). The second-order valence-electron chi connectivity index (χ2n) is 6.62. The molecule has 0 radical (unpaired) electrons. The maximum atomic E-state index is 12.8. The Kier molecular flexibility index (Phi) is 7.12. The lowest BCUT2D eigenvalue weighted by atomic mass is 10.2. The zero-order valence-corrected chi connectivity index (χ0v) is 17.8. The molecule has 3 rings (SSSR count). The van der Waals surface area contributed by atoms with Gasteiger partial charge in [0.25, 0.3) is 11.5 Å². The number of amides is 1. The molecule has 172 valence electrons. The van der Waals surface area contributed by atoms with Gasteiger partial charge < -0.3 is 24.6 Å². The largest absolute Gasteiger partial charge is 0.495 e. The summed E-state index contributed by atoms with van der Waals surface area (Å²) in [6.45, 7) is 0.392. The molecular formula is C19H21N3O9S. The van der Waals surface area contributed by atoms with E-state index in [1.807, 2.05) is 0 Å². The van der Waals surface area contributed by atoms with Crippen molar-refractivity contribution < 1.29 is 37.3 Å². The van der Waals surface area contributed by atoms with Gasteiger partial charge in [-0.05, 0) is 12.1 Å². The number of H-pyrrole nitrogens is 1. The number of methoxy groups -OCH3 is 1. The van der Waals surface area contributed by atoms with E-state index >= 15 is 0 Å². The van der Waals surface area contributed by atoms with E-state index in [2.05, 4.69) is 10.3 Å². The van der Waals surface area contributed by atoms with E-state index in [1.54, 1.807) is 0 Å². The van der Waals surface area contributed by atoms with Crippen LogP contribution in [0.5, 0.6) is 11.6 Å². The predicted octanol–water partition coefficient (Wildman–Crippen LogP) is -0.0945. The number of sulfonamides is 1. The lowest BCUT2D eigenvalue weighted by molar-refractivity contribution is -0.119. The first-order chi connectivity index (χ1) is 15.2. The first-order valence-corrected chi connectivity index (χ1v) is 10.8. The van der Waals surface area contributed by atoms with E-state index < -0.39 is 39.9 Å². The van der Waals surface area contributed by atoms with Crippen LogP contribution < -0.4 is 15.6 Å². The summed E-state index contributed by atoms with van der Waals surface area (Å²) in [5, 5.41) is 11.8. The number of nitrogens with one attached hydrogen (secondary N) is 2. The van der Waals surface area contributed by atoms with Crippen molar-refractivity contribution in [2.75, 3.05) is 45.3 Å². The van der Waals surface area contributed by atoms with Gasteiger partial charge in [-0.3, -0.25) is 14.6 Å². The Morgan fingerprint density at radius 3 is 2.59 bits per heavy atom. The van der Waals surface area contributed by atoms with Crippen molar-refractivity contribution in [2.24, 2.45) is 0 Å². The lowest BCUT2D eigenvalue weighted by Gasteiger charge is -2.26. The van der Waals surface area contributed by atoms with Gasteiger partial charge >= 0.3 is 5.97 Å². The number of morpholine rings is 1. The predicted molar refractivity (Wildman–Crippen MR) is 110 cm³/mol. The molecule has 2 aromatic rings.